The van der Waals surface area contributed by atoms with E-state index in [4.69, 9.17) is 0 Å². The van der Waals surface area contributed by atoms with Gasteiger partial charge in [0.15, 0.2) is 0 Å². The highest BCUT2D eigenvalue weighted by molar-refractivity contribution is 8.18. The third-order valence-electron chi connectivity index (χ3n) is 8.74. The minimum absolute atomic E-state index is 0.153. The number of phenols is 1. The van der Waals surface area contributed by atoms with Crippen LogP contribution in [0.2, 0.25) is 0 Å². The summed E-state index contributed by atoms with van der Waals surface area (Å²) in [7, 11) is 0. The number of nitrogens with one attached hydrogen (secondary N) is 1. The van der Waals surface area contributed by atoms with Gasteiger partial charge in [0.05, 0.1) is 4.91 Å². The van der Waals surface area contributed by atoms with E-state index in [1.54, 1.807) is 6.08 Å². The van der Waals surface area contributed by atoms with Crippen molar-refractivity contribution in [1.82, 2.24) is 5.32 Å². The molecule has 1 saturated heterocycles. The van der Waals surface area contributed by atoms with Gasteiger partial charge in [-0.25, -0.2) is 0 Å². The van der Waals surface area contributed by atoms with Gasteiger partial charge in [-0.2, -0.15) is 0 Å². The fourth-order valence-corrected chi connectivity index (χ4v) is 8.37. The average molecular weight is 482 g/mol. The van der Waals surface area contributed by atoms with E-state index in [0.717, 1.165) is 62.5 Å². The quantitative estimate of drug-likeness (QED) is 0.395. The van der Waals surface area contributed by atoms with Crippen molar-refractivity contribution in [1.29, 1.82) is 0 Å². The molecule has 176 valence electrons. The second kappa shape index (κ2) is 7.72. The zero-order valence-electron chi connectivity index (χ0n) is 19.4. The monoisotopic (exact) mass is 481 g/mol. The molecule has 5 heteroatoms. The Kier molecular flexibility index (Phi) is 4.69. The summed E-state index contributed by atoms with van der Waals surface area (Å²) in [5.74, 6) is 2.63. The molecule has 3 aromatic carbocycles. The van der Waals surface area contributed by atoms with Crippen LogP contribution in [0.3, 0.4) is 0 Å². The second-order valence-electron chi connectivity index (χ2n) is 11.1. The lowest BCUT2D eigenvalue weighted by molar-refractivity contribution is -0.115. The van der Waals surface area contributed by atoms with Crippen LogP contribution in [0, 0.1) is 17.8 Å². The van der Waals surface area contributed by atoms with E-state index in [0.29, 0.717) is 10.7 Å². The highest BCUT2D eigenvalue weighted by Gasteiger charge is 2.52. The van der Waals surface area contributed by atoms with Crippen LogP contribution in [0.4, 0.5) is 4.79 Å². The lowest BCUT2D eigenvalue weighted by atomic mass is 9.48. The Balaban J connectivity index is 1.23. The standard InChI is InChI=1S/C30H27NO3S/c32-26-6-5-24(13-25(26)30-14-18-7-19(15-30)9-20(8-18)16-30)23-4-3-21-10-17(1-2-22(21)12-23)11-27-28(33)31-29(34)35-27/h1-6,10-13,18-20,32H,7-9,14-16H2,(H,31,33,34). The minimum atomic E-state index is -0.336. The number of phenolic OH excluding ortho intramolecular Hbond substituents is 1. The van der Waals surface area contributed by atoms with Gasteiger partial charge in [0.2, 0.25) is 0 Å². The zero-order valence-corrected chi connectivity index (χ0v) is 20.2. The number of fused-ring (bicyclic) bond motifs is 1. The molecule has 8 rings (SSSR count). The number of amides is 2. The summed E-state index contributed by atoms with van der Waals surface area (Å²) in [6, 6.07) is 18.7. The highest BCUT2D eigenvalue weighted by atomic mass is 32.2. The average Bonchev–Trinajstić information content (AvgIpc) is 3.14. The maximum atomic E-state index is 11.9. The molecule has 0 radical (unpaired) electrons. The maximum Gasteiger partial charge on any atom is 0.290 e. The van der Waals surface area contributed by atoms with Gasteiger partial charge in [-0.05, 0) is 131 Å². The molecule has 5 fully saturated rings. The second-order valence-corrected chi connectivity index (χ2v) is 12.1. The summed E-state index contributed by atoms with van der Waals surface area (Å²) >= 11 is 0.937. The molecule has 3 aromatic rings. The number of aromatic hydroxyl groups is 1. The number of rotatable bonds is 3. The van der Waals surface area contributed by atoms with Crippen molar-refractivity contribution in [3.05, 3.63) is 70.6 Å². The number of carbonyl (C=O) groups is 2. The van der Waals surface area contributed by atoms with Gasteiger partial charge in [-0.3, -0.25) is 14.9 Å². The van der Waals surface area contributed by atoms with Crippen molar-refractivity contribution in [3.8, 4) is 16.9 Å². The lowest BCUT2D eigenvalue weighted by Gasteiger charge is -2.57. The van der Waals surface area contributed by atoms with Crippen LogP contribution >= 0.6 is 11.8 Å². The Hall–Kier alpha value is -3.05. The normalized spacial score (nSPS) is 30.4. The molecule has 1 heterocycles. The lowest BCUT2D eigenvalue weighted by Crippen LogP contribution is -2.48. The fraction of sp³-hybridized carbons (Fsp3) is 0.333. The Bertz CT molecular complexity index is 1400. The summed E-state index contributed by atoms with van der Waals surface area (Å²) in [6.07, 6.45) is 9.62. The highest BCUT2D eigenvalue weighted by Crippen LogP contribution is 2.62. The predicted octanol–water partition coefficient (Wildman–Crippen LogP) is 7.00. The predicted molar refractivity (Wildman–Crippen MR) is 140 cm³/mol. The van der Waals surface area contributed by atoms with Gasteiger partial charge in [-0.1, -0.05) is 30.3 Å². The van der Waals surface area contributed by atoms with E-state index in [-0.39, 0.29) is 16.6 Å². The number of hydrogen-bond acceptors (Lipinski definition) is 4. The van der Waals surface area contributed by atoms with Crippen LogP contribution in [-0.2, 0) is 10.2 Å². The Morgan fingerprint density at radius 2 is 1.46 bits per heavy atom. The molecule has 1 aliphatic heterocycles. The van der Waals surface area contributed by atoms with Gasteiger partial charge in [-0.15, -0.1) is 0 Å². The largest absolute Gasteiger partial charge is 0.508 e. The molecule has 35 heavy (non-hydrogen) atoms. The summed E-state index contributed by atoms with van der Waals surface area (Å²) in [6.45, 7) is 0. The van der Waals surface area contributed by atoms with E-state index in [1.807, 2.05) is 24.3 Å². The molecule has 4 bridgehead atoms. The topological polar surface area (TPSA) is 66.4 Å². The first-order chi connectivity index (χ1) is 16.9. The first kappa shape index (κ1) is 21.3. The maximum absolute atomic E-state index is 11.9. The Morgan fingerprint density at radius 3 is 2.14 bits per heavy atom. The molecule has 0 aromatic heterocycles. The summed E-state index contributed by atoms with van der Waals surface area (Å²) < 4.78 is 0. The van der Waals surface area contributed by atoms with Crippen molar-refractivity contribution in [2.24, 2.45) is 17.8 Å². The van der Waals surface area contributed by atoms with Gasteiger partial charge in [0.25, 0.3) is 11.1 Å². The van der Waals surface area contributed by atoms with Gasteiger partial charge >= 0.3 is 0 Å². The van der Waals surface area contributed by atoms with E-state index in [9.17, 15) is 14.7 Å². The van der Waals surface area contributed by atoms with E-state index < -0.39 is 0 Å². The van der Waals surface area contributed by atoms with Crippen molar-refractivity contribution >= 4 is 39.8 Å². The van der Waals surface area contributed by atoms with Gasteiger partial charge < -0.3 is 5.11 Å². The minimum Gasteiger partial charge on any atom is -0.508 e. The number of imide groups is 1. The molecule has 4 nitrogen and oxygen atoms in total. The van der Waals surface area contributed by atoms with Crippen molar-refractivity contribution < 1.29 is 14.7 Å². The van der Waals surface area contributed by atoms with Crippen LogP contribution < -0.4 is 5.32 Å². The van der Waals surface area contributed by atoms with Crippen molar-refractivity contribution in [3.63, 3.8) is 0 Å². The van der Waals surface area contributed by atoms with Crippen molar-refractivity contribution in [2.75, 3.05) is 0 Å². The third kappa shape index (κ3) is 3.59. The number of benzene rings is 3. The van der Waals surface area contributed by atoms with Crippen LogP contribution in [0.5, 0.6) is 5.75 Å². The van der Waals surface area contributed by atoms with Gasteiger partial charge in [0.1, 0.15) is 5.75 Å². The molecule has 0 unspecified atom stereocenters. The first-order valence-electron chi connectivity index (χ1n) is 12.6. The van der Waals surface area contributed by atoms with Crippen LogP contribution in [0.15, 0.2) is 59.5 Å². The Labute approximate surface area is 208 Å². The molecular formula is C30H27NO3S. The van der Waals surface area contributed by atoms with Crippen LogP contribution in [0.25, 0.3) is 28.0 Å². The van der Waals surface area contributed by atoms with Gasteiger partial charge in [0, 0.05) is 5.56 Å². The molecule has 2 amide bonds. The summed E-state index contributed by atoms with van der Waals surface area (Å²) in [5.41, 5.74) is 4.51. The number of carbonyl (C=O) groups excluding carboxylic acids is 2. The van der Waals surface area contributed by atoms with Crippen molar-refractivity contribution in [2.45, 2.75) is 43.9 Å². The molecule has 4 saturated carbocycles. The van der Waals surface area contributed by atoms with E-state index in [1.165, 1.54) is 38.5 Å². The molecule has 0 spiro atoms. The number of thioether (sulfide) groups is 1. The number of hydrogen-bond donors (Lipinski definition) is 2. The molecule has 2 N–H and O–H groups in total. The molecule has 4 aliphatic carbocycles. The summed E-state index contributed by atoms with van der Waals surface area (Å²) in [4.78, 5) is 23.7. The SMILES string of the molecule is O=C1NC(=O)C(=Cc2ccc3cc(-c4ccc(O)c(C56CC7CC(CC(C7)C5)C6)c4)ccc3c2)S1. The van der Waals surface area contributed by atoms with Crippen LogP contribution in [0.1, 0.15) is 49.7 Å². The molecule has 5 aliphatic rings. The molecular weight excluding hydrogens is 454 g/mol. The zero-order chi connectivity index (χ0) is 23.7. The van der Waals surface area contributed by atoms with E-state index >= 15 is 0 Å². The Morgan fingerprint density at radius 1 is 0.829 bits per heavy atom. The summed E-state index contributed by atoms with van der Waals surface area (Å²) in [5, 5.41) is 15.1. The van der Waals surface area contributed by atoms with E-state index in [2.05, 4.69) is 35.6 Å². The fourth-order valence-electron chi connectivity index (χ4n) is 7.69. The first-order valence-corrected chi connectivity index (χ1v) is 13.4. The third-order valence-corrected chi connectivity index (χ3v) is 9.55. The van der Waals surface area contributed by atoms with Crippen LogP contribution in [-0.4, -0.2) is 16.3 Å². The molecule has 0 atom stereocenters. The smallest absolute Gasteiger partial charge is 0.290 e.